The molecule has 1 aliphatic rings. The van der Waals surface area contributed by atoms with E-state index in [0.717, 1.165) is 22.6 Å². The molecule has 136 valence electrons. The smallest absolute Gasteiger partial charge is 0.241 e. The Morgan fingerprint density at radius 3 is 2.62 bits per heavy atom. The topological polar surface area (TPSA) is 54.0 Å². The summed E-state index contributed by atoms with van der Waals surface area (Å²) in [4.78, 5) is 16.8. The highest BCUT2D eigenvalue weighted by molar-refractivity contribution is 7.18. The molecule has 1 aromatic heterocycles. The van der Waals surface area contributed by atoms with Crippen molar-refractivity contribution < 1.29 is 4.79 Å². The first-order valence-electron chi connectivity index (χ1n) is 8.68. The monoisotopic (exact) mass is 387 g/mol. The third kappa shape index (κ3) is 4.61. The van der Waals surface area contributed by atoms with Crippen LogP contribution in [0.2, 0.25) is 0 Å². The number of para-hydroxylation sites is 1. The molecule has 4 rings (SSSR count). The highest BCUT2D eigenvalue weighted by atomic mass is 35.5. The number of halogens is 1. The molecule has 1 aliphatic carbocycles. The van der Waals surface area contributed by atoms with E-state index in [4.69, 9.17) is 0 Å². The molecule has 1 heterocycles. The number of hydrogen-bond acceptors (Lipinski definition) is 4. The largest absolute Gasteiger partial charge is 0.325 e. The number of carbonyl (C=O) groups excluding carboxylic acids is 1. The number of nitrogens with zero attached hydrogens (tertiary/aromatic N) is 1. The average Bonchev–Trinajstić information content (AvgIpc) is 3.33. The molecule has 1 atom stereocenters. The van der Waals surface area contributed by atoms with Gasteiger partial charge in [0.15, 0.2) is 0 Å². The Bertz CT molecular complexity index is 856. The molecule has 1 saturated carbocycles. The maximum absolute atomic E-state index is 12.2. The van der Waals surface area contributed by atoms with Gasteiger partial charge in [0, 0.05) is 18.2 Å². The maximum atomic E-state index is 12.2. The molecule has 2 N–H and O–H groups in total. The Morgan fingerprint density at radius 1 is 1.19 bits per heavy atom. The number of hydrogen-bond donors (Lipinski definition) is 2. The van der Waals surface area contributed by atoms with Crippen molar-refractivity contribution >= 4 is 45.6 Å². The fourth-order valence-corrected chi connectivity index (χ4v) is 3.81. The van der Waals surface area contributed by atoms with Crippen LogP contribution in [-0.4, -0.2) is 23.0 Å². The molecule has 26 heavy (non-hydrogen) atoms. The molecule has 0 spiro atoms. The van der Waals surface area contributed by atoms with Gasteiger partial charge in [0.25, 0.3) is 0 Å². The van der Waals surface area contributed by atoms with E-state index in [-0.39, 0.29) is 24.4 Å². The number of benzene rings is 2. The van der Waals surface area contributed by atoms with Gasteiger partial charge in [-0.3, -0.25) is 4.79 Å². The Morgan fingerprint density at radius 2 is 1.92 bits per heavy atom. The van der Waals surface area contributed by atoms with Gasteiger partial charge in [0.05, 0.1) is 21.3 Å². The molecule has 0 radical (unpaired) electrons. The molecule has 1 fully saturated rings. The standard InChI is InChI=1S/C20H21N3OS.ClH/c1-13(21-15-10-11-15)20(24)22-16-8-6-14(7-9-16)12-19-23-17-4-2-3-5-18(17)25-19;/h2-9,13,15,21H,10-12H2,1H3,(H,22,24);1H. The number of anilines is 1. The number of rotatable bonds is 6. The van der Waals surface area contributed by atoms with Gasteiger partial charge in [-0.15, -0.1) is 23.7 Å². The summed E-state index contributed by atoms with van der Waals surface area (Å²) in [6.07, 6.45) is 3.17. The second-order valence-electron chi connectivity index (χ2n) is 6.60. The van der Waals surface area contributed by atoms with E-state index in [1.807, 2.05) is 37.3 Å². The van der Waals surface area contributed by atoms with Gasteiger partial charge < -0.3 is 10.6 Å². The molecular formula is C20H22ClN3OS. The number of fused-ring (bicyclic) bond motifs is 1. The van der Waals surface area contributed by atoms with Gasteiger partial charge in [-0.05, 0) is 49.6 Å². The molecule has 3 aromatic rings. The van der Waals surface area contributed by atoms with Crippen molar-refractivity contribution in [2.45, 2.75) is 38.3 Å². The van der Waals surface area contributed by atoms with Gasteiger partial charge in [0.2, 0.25) is 5.91 Å². The molecule has 4 nitrogen and oxygen atoms in total. The Labute approximate surface area is 163 Å². The summed E-state index contributed by atoms with van der Waals surface area (Å²) >= 11 is 1.73. The van der Waals surface area contributed by atoms with Crippen LogP contribution in [0.5, 0.6) is 0 Å². The van der Waals surface area contributed by atoms with Gasteiger partial charge in [-0.1, -0.05) is 24.3 Å². The minimum Gasteiger partial charge on any atom is -0.325 e. The summed E-state index contributed by atoms with van der Waals surface area (Å²) in [7, 11) is 0. The first-order chi connectivity index (χ1) is 12.2. The highest BCUT2D eigenvalue weighted by Crippen LogP contribution is 2.24. The molecule has 0 saturated heterocycles. The normalized spacial score (nSPS) is 14.7. The summed E-state index contributed by atoms with van der Waals surface area (Å²) in [5.74, 6) is 0.0193. The number of nitrogens with one attached hydrogen (secondary N) is 2. The lowest BCUT2D eigenvalue weighted by Crippen LogP contribution is -2.39. The average molecular weight is 388 g/mol. The first kappa shape index (κ1) is 18.8. The third-order valence-electron chi connectivity index (χ3n) is 4.37. The lowest BCUT2D eigenvalue weighted by molar-refractivity contribution is -0.117. The van der Waals surface area contributed by atoms with Crippen LogP contribution in [0.25, 0.3) is 10.2 Å². The summed E-state index contributed by atoms with van der Waals surface area (Å²) in [6, 6.07) is 16.6. The SMILES string of the molecule is CC(NC1CC1)C(=O)Nc1ccc(Cc2nc3ccccc3s2)cc1.Cl. The lowest BCUT2D eigenvalue weighted by atomic mass is 10.1. The van der Waals surface area contributed by atoms with E-state index in [1.165, 1.54) is 23.1 Å². The minimum atomic E-state index is -0.157. The molecule has 2 aromatic carbocycles. The third-order valence-corrected chi connectivity index (χ3v) is 5.41. The predicted octanol–water partition coefficient (Wildman–Crippen LogP) is 4.39. The van der Waals surface area contributed by atoms with Crippen LogP contribution in [0, 0.1) is 0 Å². The van der Waals surface area contributed by atoms with E-state index in [2.05, 4.69) is 33.8 Å². The summed E-state index contributed by atoms with van der Waals surface area (Å²) < 4.78 is 1.22. The van der Waals surface area contributed by atoms with E-state index in [0.29, 0.717) is 6.04 Å². The Hall–Kier alpha value is -1.95. The van der Waals surface area contributed by atoms with Gasteiger partial charge in [-0.25, -0.2) is 4.98 Å². The summed E-state index contributed by atoms with van der Waals surface area (Å²) in [6.45, 7) is 1.91. The minimum absolute atomic E-state index is 0. The van der Waals surface area contributed by atoms with Crippen LogP contribution in [-0.2, 0) is 11.2 Å². The lowest BCUT2D eigenvalue weighted by Gasteiger charge is -2.13. The second kappa shape index (κ2) is 8.16. The van der Waals surface area contributed by atoms with Crippen LogP contribution < -0.4 is 10.6 Å². The Kier molecular flexibility index (Phi) is 5.91. The van der Waals surface area contributed by atoms with Crippen molar-refractivity contribution in [2.24, 2.45) is 0 Å². The van der Waals surface area contributed by atoms with Crippen LogP contribution in [0.1, 0.15) is 30.3 Å². The number of thiazole rings is 1. The quantitative estimate of drug-likeness (QED) is 0.659. The zero-order valence-electron chi connectivity index (χ0n) is 14.6. The second-order valence-corrected chi connectivity index (χ2v) is 7.72. The Balaban J connectivity index is 0.00000196. The molecule has 0 aliphatic heterocycles. The molecule has 6 heteroatoms. The zero-order chi connectivity index (χ0) is 17.2. The van der Waals surface area contributed by atoms with Crippen molar-refractivity contribution in [1.82, 2.24) is 10.3 Å². The van der Waals surface area contributed by atoms with Crippen molar-refractivity contribution in [1.29, 1.82) is 0 Å². The molecule has 1 amide bonds. The molecule has 0 bridgehead atoms. The summed E-state index contributed by atoms with van der Waals surface area (Å²) in [5.41, 5.74) is 3.09. The number of amides is 1. The van der Waals surface area contributed by atoms with Crippen LogP contribution in [0.15, 0.2) is 48.5 Å². The van der Waals surface area contributed by atoms with Crippen molar-refractivity contribution in [2.75, 3.05) is 5.32 Å². The van der Waals surface area contributed by atoms with Crippen LogP contribution >= 0.6 is 23.7 Å². The van der Waals surface area contributed by atoms with Gasteiger partial charge in [0.1, 0.15) is 0 Å². The number of carbonyl (C=O) groups is 1. The van der Waals surface area contributed by atoms with Crippen molar-refractivity contribution in [3.63, 3.8) is 0 Å². The summed E-state index contributed by atoms with van der Waals surface area (Å²) in [5, 5.41) is 7.40. The predicted molar refractivity (Wildman–Crippen MR) is 110 cm³/mol. The highest BCUT2D eigenvalue weighted by Gasteiger charge is 2.25. The van der Waals surface area contributed by atoms with Gasteiger partial charge >= 0.3 is 0 Å². The maximum Gasteiger partial charge on any atom is 0.241 e. The van der Waals surface area contributed by atoms with Crippen LogP contribution in [0.4, 0.5) is 5.69 Å². The fraction of sp³-hybridized carbons (Fsp3) is 0.300. The van der Waals surface area contributed by atoms with Crippen LogP contribution in [0.3, 0.4) is 0 Å². The van der Waals surface area contributed by atoms with Gasteiger partial charge in [-0.2, -0.15) is 0 Å². The molecule has 1 unspecified atom stereocenters. The first-order valence-corrected chi connectivity index (χ1v) is 9.49. The van der Waals surface area contributed by atoms with E-state index >= 15 is 0 Å². The van der Waals surface area contributed by atoms with Crippen molar-refractivity contribution in [3.8, 4) is 0 Å². The molecular weight excluding hydrogens is 366 g/mol. The zero-order valence-corrected chi connectivity index (χ0v) is 16.2. The number of aromatic nitrogens is 1. The fourth-order valence-electron chi connectivity index (χ4n) is 2.81. The van der Waals surface area contributed by atoms with E-state index in [9.17, 15) is 4.79 Å². The van der Waals surface area contributed by atoms with E-state index < -0.39 is 0 Å². The van der Waals surface area contributed by atoms with Crippen molar-refractivity contribution in [3.05, 3.63) is 59.1 Å². The van der Waals surface area contributed by atoms with E-state index in [1.54, 1.807) is 11.3 Å².